The molecule has 0 aliphatic carbocycles. The Hall–Kier alpha value is -0.185. The summed E-state index contributed by atoms with van der Waals surface area (Å²) in [4.78, 5) is 1.40. The van der Waals surface area contributed by atoms with Gasteiger partial charge < -0.3 is 17.8 Å². The van der Waals surface area contributed by atoms with E-state index in [1.165, 1.54) is 4.90 Å². The van der Waals surface area contributed by atoms with Gasteiger partial charge in [0.15, 0.2) is 0 Å². The third-order valence-corrected chi connectivity index (χ3v) is 1.58. The molecule has 0 N–H and O–H groups in total. The molecule has 0 heterocycles. The van der Waals surface area contributed by atoms with Crippen molar-refractivity contribution in [3.05, 3.63) is 0 Å². The second-order valence-electron chi connectivity index (χ2n) is 2.89. The van der Waals surface area contributed by atoms with Gasteiger partial charge in [0.2, 0.25) is 0 Å². The molecule has 0 amide bonds. The van der Waals surface area contributed by atoms with Crippen LogP contribution in [-0.2, 0) is 0 Å². The van der Waals surface area contributed by atoms with Crippen molar-refractivity contribution in [2.75, 3.05) is 13.0 Å². The molecule has 11 heavy (non-hydrogen) atoms. The van der Waals surface area contributed by atoms with Crippen molar-refractivity contribution in [2.45, 2.75) is 26.8 Å². The van der Waals surface area contributed by atoms with E-state index in [9.17, 15) is 12.9 Å². The van der Waals surface area contributed by atoms with Gasteiger partial charge in [-0.15, -0.1) is 0 Å². The third-order valence-electron chi connectivity index (χ3n) is 1.58. The lowest BCUT2D eigenvalue weighted by Crippen LogP contribution is -2.41. The molecule has 0 saturated heterocycles. The summed E-state index contributed by atoms with van der Waals surface area (Å²) in [6, 6.07) is -0.0245. The van der Waals surface area contributed by atoms with Crippen LogP contribution in [0.1, 0.15) is 20.8 Å². The number of halogens is 3. The fourth-order valence-corrected chi connectivity index (χ4v) is 0.971. The Kier molecular flexibility index (Phi) is 3.93. The second kappa shape index (κ2) is 4.00. The molecule has 0 aromatic carbocycles. The molecule has 0 spiro atoms. The molecule has 5 heteroatoms. The van der Waals surface area contributed by atoms with E-state index in [1.807, 2.05) is 0 Å². The monoisotopic (exact) mass is 168 g/mol. The first kappa shape index (κ1) is 10.8. The molecule has 0 aliphatic rings. The largest absolute Gasteiger partial charge is 0.492 e. The highest BCUT2D eigenvalue weighted by Crippen LogP contribution is 2.11. The Morgan fingerprint density at radius 3 is 1.82 bits per heavy atom. The zero-order valence-corrected chi connectivity index (χ0v) is 7.15. The highest BCUT2D eigenvalue weighted by molar-refractivity contribution is 6.58. The van der Waals surface area contributed by atoms with E-state index >= 15 is 0 Å². The van der Waals surface area contributed by atoms with E-state index in [0.717, 1.165) is 0 Å². The van der Waals surface area contributed by atoms with Gasteiger partial charge in [-0.05, 0) is 26.8 Å². The Morgan fingerprint density at radius 1 is 1.27 bits per heavy atom. The fraction of sp³-hybridized carbons (Fsp3) is 1.00. The van der Waals surface area contributed by atoms with Gasteiger partial charge >= 0.3 is 6.98 Å². The maximum atomic E-state index is 11.9. The minimum Gasteiger partial charge on any atom is -0.448 e. The molecule has 0 rings (SSSR count). The van der Waals surface area contributed by atoms with Crippen molar-refractivity contribution in [1.29, 1.82) is 0 Å². The van der Waals surface area contributed by atoms with Gasteiger partial charge in [0.05, 0.1) is 0 Å². The Balaban J connectivity index is 3.88. The van der Waals surface area contributed by atoms with Crippen LogP contribution in [0.15, 0.2) is 0 Å². The molecule has 0 atom stereocenters. The maximum Gasteiger partial charge on any atom is 0.492 e. The lowest BCUT2D eigenvalue weighted by Gasteiger charge is -2.29. The van der Waals surface area contributed by atoms with Gasteiger partial charge in [-0.25, -0.2) is 0 Å². The first-order chi connectivity index (χ1) is 4.87. The average molecular weight is 168 g/mol. The number of nitrogens with zero attached hydrogens (tertiary/aromatic N) is 1. The van der Waals surface area contributed by atoms with Gasteiger partial charge in [-0.3, -0.25) is 0 Å². The summed E-state index contributed by atoms with van der Waals surface area (Å²) in [6.45, 7) is 1.08. The number of hydrogen-bond donors (Lipinski definition) is 0. The standard InChI is InChI=1S/C6H14BF3N/c1-4-11(6(2)3)5-7(8,9)10/h6H,4-5H2,1-3H3/q-1. The van der Waals surface area contributed by atoms with Crippen LogP contribution in [-0.4, -0.2) is 30.9 Å². The van der Waals surface area contributed by atoms with Crippen LogP contribution in [0.25, 0.3) is 0 Å². The molecule has 0 radical (unpaired) electrons. The Labute approximate surface area is 65.6 Å². The molecular formula is C6H14BF3N-. The predicted molar refractivity (Wildman–Crippen MR) is 41.5 cm³/mol. The van der Waals surface area contributed by atoms with E-state index < -0.39 is 13.4 Å². The van der Waals surface area contributed by atoms with Crippen LogP contribution in [0.3, 0.4) is 0 Å². The highest BCUT2D eigenvalue weighted by atomic mass is 19.4. The molecule has 1 nitrogen and oxygen atoms in total. The Bertz CT molecular complexity index is 113. The second-order valence-corrected chi connectivity index (χ2v) is 2.89. The summed E-state index contributed by atoms with van der Waals surface area (Å²) >= 11 is 0. The summed E-state index contributed by atoms with van der Waals surface area (Å²) in [7, 11) is 0. The first-order valence-electron chi connectivity index (χ1n) is 3.82. The summed E-state index contributed by atoms with van der Waals surface area (Å²) in [5.41, 5.74) is 0. The lowest BCUT2D eigenvalue weighted by atomic mass is 9.90. The number of rotatable bonds is 4. The normalized spacial score (nSPS) is 13.1. The topological polar surface area (TPSA) is 3.24 Å². The maximum absolute atomic E-state index is 11.9. The zero-order chi connectivity index (χ0) is 9.07. The van der Waals surface area contributed by atoms with Crippen LogP contribution < -0.4 is 0 Å². The minimum atomic E-state index is -4.66. The van der Waals surface area contributed by atoms with E-state index in [2.05, 4.69) is 0 Å². The van der Waals surface area contributed by atoms with Crippen molar-refractivity contribution < 1.29 is 12.9 Å². The molecule has 0 fully saturated rings. The predicted octanol–water partition coefficient (Wildman–Crippen LogP) is 2.10. The molecular weight excluding hydrogens is 154 g/mol. The average Bonchev–Trinajstić information content (AvgIpc) is 1.80. The summed E-state index contributed by atoms with van der Waals surface area (Å²) in [5, 5.41) is 0. The molecule has 68 valence electrons. The minimum absolute atomic E-state index is 0.0245. The van der Waals surface area contributed by atoms with Crippen LogP contribution in [0.2, 0.25) is 0 Å². The third kappa shape index (κ3) is 5.12. The first-order valence-corrected chi connectivity index (χ1v) is 3.82. The molecule has 0 bridgehead atoms. The molecule has 0 saturated carbocycles. The molecule has 0 unspecified atom stereocenters. The SMILES string of the molecule is CCN(C[B-](F)(F)F)C(C)C. The summed E-state index contributed by atoms with van der Waals surface area (Å²) in [5.74, 6) is 0. The van der Waals surface area contributed by atoms with Crippen molar-refractivity contribution in [3.63, 3.8) is 0 Å². The van der Waals surface area contributed by atoms with E-state index in [1.54, 1.807) is 20.8 Å². The quantitative estimate of drug-likeness (QED) is 0.581. The van der Waals surface area contributed by atoms with E-state index in [0.29, 0.717) is 6.54 Å². The van der Waals surface area contributed by atoms with Crippen molar-refractivity contribution in [2.24, 2.45) is 0 Å². The van der Waals surface area contributed by atoms with Gasteiger partial charge in [0, 0.05) is 6.04 Å². The van der Waals surface area contributed by atoms with Gasteiger partial charge in [-0.2, -0.15) is 0 Å². The van der Waals surface area contributed by atoms with E-state index in [4.69, 9.17) is 0 Å². The smallest absolute Gasteiger partial charge is 0.448 e. The molecule has 0 aromatic heterocycles. The van der Waals surface area contributed by atoms with Gasteiger partial charge in [0.25, 0.3) is 0 Å². The Morgan fingerprint density at radius 2 is 1.73 bits per heavy atom. The molecule has 0 aromatic rings. The van der Waals surface area contributed by atoms with Crippen molar-refractivity contribution >= 4 is 6.98 Å². The zero-order valence-electron chi connectivity index (χ0n) is 7.15. The van der Waals surface area contributed by atoms with Crippen LogP contribution in [0.5, 0.6) is 0 Å². The number of hydrogen-bond acceptors (Lipinski definition) is 1. The van der Waals surface area contributed by atoms with E-state index in [-0.39, 0.29) is 6.04 Å². The summed E-state index contributed by atoms with van der Waals surface area (Å²) < 4.78 is 35.6. The summed E-state index contributed by atoms with van der Waals surface area (Å²) in [6.07, 6.45) is -0.742. The fourth-order valence-electron chi connectivity index (χ4n) is 0.971. The lowest BCUT2D eigenvalue weighted by molar-refractivity contribution is 0.241. The highest BCUT2D eigenvalue weighted by Gasteiger charge is 2.26. The van der Waals surface area contributed by atoms with Crippen LogP contribution >= 0.6 is 0 Å². The van der Waals surface area contributed by atoms with Gasteiger partial charge in [-0.1, -0.05) is 6.92 Å². The van der Waals surface area contributed by atoms with Crippen LogP contribution in [0, 0.1) is 0 Å². The molecule has 0 aliphatic heterocycles. The van der Waals surface area contributed by atoms with Crippen LogP contribution in [0.4, 0.5) is 12.9 Å². The van der Waals surface area contributed by atoms with Crippen molar-refractivity contribution in [1.82, 2.24) is 4.90 Å². The van der Waals surface area contributed by atoms with Crippen molar-refractivity contribution in [3.8, 4) is 0 Å². The van der Waals surface area contributed by atoms with Gasteiger partial charge in [0.1, 0.15) is 0 Å².